The second-order valence-corrected chi connectivity index (χ2v) is 6.34. The zero-order valence-corrected chi connectivity index (χ0v) is 14.5. The number of aromatic hydroxyl groups is 1. The molecule has 2 aromatic carbocycles. The third-order valence-electron chi connectivity index (χ3n) is 3.52. The van der Waals surface area contributed by atoms with Crippen molar-refractivity contribution in [3.8, 4) is 11.5 Å². The van der Waals surface area contributed by atoms with Crippen molar-refractivity contribution in [2.75, 3.05) is 6.61 Å². The van der Waals surface area contributed by atoms with Crippen LogP contribution in [0.5, 0.6) is 11.5 Å². The van der Waals surface area contributed by atoms with Crippen molar-refractivity contribution < 1.29 is 9.84 Å². The summed E-state index contributed by atoms with van der Waals surface area (Å²) in [6.07, 6.45) is 0.615. The number of phenolic OH excluding ortho intramolecular Hbond substituents is 1. The van der Waals surface area contributed by atoms with Gasteiger partial charge < -0.3 is 9.84 Å². The molecule has 22 heavy (non-hydrogen) atoms. The Hall–Kier alpha value is -1.38. The lowest BCUT2D eigenvalue weighted by Gasteiger charge is -2.13. The summed E-state index contributed by atoms with van der Waals surface area (Å²) in [5.74, 6) is 1.25. The van der Waals surface area contributed by atoms with Crippen molar-refractivity contribution in [1.82, 2.24) is 0 Å². The van der Waals surface area contributed by atoms with E-state index in [9.17, 15) is 5.11 Å². The predicted molar refractivity (Wildman–Crippen MR) is 92.6 cm³/mol. The Morgan fingerprint density at radius 2 is 1.73 bits per heavy atom. The molecular formula is C18H20Cl2O2. The van der Waals surface area contributed by atoms with Crippen LogP contribution in [0.1, 0.15) is 43.4 Å². The smallest absolute Gasteiger partial charge is 0.122 e. The molecule has 0 heterocycles. The molecule has 0 saturated heterocycles. The van der Waals surface area contributed by atoms with E-state index in [1.54, 1.807) is 18.2 Å². The quantitative estimate of drug-likeness (QED) is 0.745. The first-order chi connectivity index (χ1) is 10.4. The maximum atomic E-state index is 9.91. The molecule has 2 nitrogen and oxygen atoms in total. The van der Waals surface area contributed by atoms with Gasteiger partial charge in [-0.15, -0.1) is 0 Å². The molecule has 0 atom stereocenters. The lowest BCUT2D eigenvalue weighted by atomic mass is 9.96. The number of hydrogen-bond donors (Lipinski definition) is 1. The van der Waals surface area contributed by atoms with E-state index in [1.165, 1.54) is 0 Å². The van der Waals surface area contributed by atoms with E-state index >= 15 is 0 Å². The van der Waals surface area contributed by atoms with Crippen LogP contribution in [-0.2, 0) is 6.42 Å². The highest BCUT2D eigenvalue weighted by Crippen LogP contribution is 2.33. The maximum absolute atomic E-state index is 9.91. The molecule has 0 radical (unpaired) electrons. The Bertz CT molecular complexity index is 643. The number of benzene rings is 2. The van der Waals surface area contributed by atoms with Crippen molar-refractivity contribution in [2.24, 2.45) is 0 Å². The predicted octanol–water partition coefficient (Wildman–Crippen LogP) is 5.81. The monoisotopic (exact) mass is 338 g/mol. The van der Waals surface area contributed by atoms with Crippen LogP contribution in [0.4, 0.5) is 0 Å². The van der Waals surface area contributed by atoms with Gasteiger partial charge in [0.15, 0.2) is 0 Å². The first-order valence-corrected chi connectivity index (χ1v) is 8.10. The van der Waals surface area contributed by atoms with Gasteiger partial charge in [0, 0.05) is 16.5 Å². The van der Waals surface area contributed by atoms with Gasteiger partial charge >= 0.3 is 0 Å². The van der Waals surface area contributed by atoms with Crippen molar-refractivity contribution in [2.45, 2.75) is 33.1 Å². The van der Waals surface area contributed by atoms with Gasteiger partial charge in [-0.25, -0.2) is 0 Å². The standard InChI is InChI=1S/C18H20Cl2O2/c1-4-22-13-9-16(19)15(17(20)10-13)8-12-5-6-18(21)14(7-12)11(2)3/h5-7,9-11,21H,4,8H2,1-3H3. The summed E-state index contributed by atoms with van der Waals surface area (Å²) in [4.78, 5) is 0. The Kier molecular flexibility index (Phi) is 5.60. The van der Waals surface area contributed by atoms with Crippen LogP contribution in [-0.4, -0.2) is 11.7 Å². The van der Waals surface area contributed by atoms with E-state index in [0.29, 0.717) is 34.6 Å². The zero-order chi connectivity index (χ0) is 16.3. The number of hydrogen-bond acceptors (Lipinski definition) is 2. The van der Waals surface area contributed by atoms with E-state index in [4.69, 9.17) is 27.9 Å². The highest BCUT2D eigenvalue weighted by molar-refractivity contribution is 6.36. The summed E-state index contributed by atoms with van der Waals surface area (Å²) < 4.78 is 5.44. The van der Waals surface area contributed by atoms with Crippen LogP contribution in [0.25, 0.3) is 0 Å². The second kappa shape index (κ2) is 7.26. The van der Waals surface area contributed by atoms with Crippen LogP contribution >= 0.6 is 23.2 Å². The van der Waals surface area contributed by atoms with Crippen molar-refractivity contribution >= 4 is 23.2 Å². The van der Waals surface area contributed by atoms with Crippen LogP contribution in [0.2, 0.25) is 10.0 Å². The molecule has 1 N–H and O–H groups in total. The Morgan fingerprint density at radius 3 is 2.27 bits per heavy atom. The molecule has 0 aliphatic carbocycles. The fraction of sp³-hybridized carbons (Fsp3) is 0.333. The molecule has 4 heteroatoms. The minimum absolute atomic E-state index is 0.256. The van der Waals surface area contributed by atoms with E-state index in [1.807, 2.05) is 19.1 Å². The zero-order valence-electron chi connectivity index (χ0n) is 13.0. The lowest BCUT2D eigenvalue weighted by Crippen LogP contribution is -1.97. The van der Waals surface area contributed by atoms with E-state index in [2.05, 4.69) is 13.8 Å². The largest absolute Gasteiger partial charge is 0.508 e. The van der Waals surface area contributed by atoms with Crippen molar-refractivity contribution in [3.05, 3.63) is 57.1 Å². The molecule has 0 amide bonds. The van der Waals surface area contributed by atoms with Gasteiger partial charge in [-0.05, 0) is 47.7 Å². The highest BCUT2D eigenvalue weighted by Gasteiger charge is 2.12. The Morgan fingerprint density at radius 1 is 1.09 bits per heavy atom. The SMILES string of the molecule is CCOc1cc(Cl)c(Cc2ccc(O)c(C(C)C)c2)c(Cl)c1. The fourth-order valence-corrected chi connectivity index (χ4v) is 2.98. The topological polar surface area (TPSA) is 29.5 Å². The average molecular weight is 339 g/mol. The van der Waals surface area contributed by atoms with Gasteiger partial charge in [0.1, 0.15) is 11.5 Å². The van der Waals surface area contributed by atoms with E-state index in [-0.39, 0.29) is 5.92 Å². The van der Waals surface area contributed by atoms with Gasteiger partial charge in [-0.1, -0.05) is 49.2 Å². The molecule has 0 saturated carbocycles. The van der Waals surface area contributed by atoms with Gasteiger partial charge in [0.25, 0.3) is 0 Å². The minimum Gasteiger partial charge on any atom is -0.508 e. The van der Waals surface area contributed by atoms with Crippen molar-refractivity contribution in [3.63, 3.8) is 0 Å². The van der Waals surface area contributed by atoms with Crippen LogP contribution in [0.3, 0.4) is 0 Å². The van der Waals surface area contributed by atoms with Gasteiger partial charge in [0.05, 0.1) is 6.61 Å². The second-order valence-electron chi connectivity index (χ2n) is 5.52. The highest BCUT2D eigenvalue weighted by atomic mass is 35.5. The molecule has 0 bridgehead atoms. The molecule has 118 valence electrons. The van der Waals surface area contributed by atoms with Crippen LogP contribution < -0.4 is 4.74 Å². The van der Waals surface area contributed by atoms with E-state index in [0.717, 1.165) is 16.7 Å². The third-order valence-corrected chi connectivity index (χ3v) is 4.19. The summed E-state index contributed by atoms with van der Waals surface area (Å²) in [5.41, 5.74) is 2.86. The summed E-state index contributed by atoms with van der Waals surface area (Å²) >= 11 is 12.7. The Labute approximate surface area is 141 Å². The average Bonchev–Trinajstić information content (AvgIpc) is 2.44. The number of halogens is 2. The van der Waals surface area contributed by atoms with Gasteiger partial charge in [-0.2, -0.15) is 0 Å². The first kappa shape index (κ1) is 17.0. The summed E-state index contributed by atoms with van der Waals surface area (Å²) in [5, 5.41) is 11.1. The summed E-state index contributed by atoms with van der Waals surface area (Å²) in [7, 11) is 0. The number of phenols is 1. The van der Waals surface area contributed by atoms with Gasteiger partial charge in [-0.3, -0.25) is 0 Å². The van der Waals surface area contributed by atoms with Crippen LogP contribution in [0.15, 0.2) is 30.3 Å². The molecule has 2 aromatic rings. The van der Waals surface area contributed by atoms with Gasteiger partial charge in [0.2, 0.25) is 0 Å². The summed E-state index contributed by atoms with van der Waals surface area (Å²) in [6.45, 7) is 6.59. The number of ether oxygens (including phenoxy) is 1. The van der Waals surface area contributed by atoms with Crippen LogP contribution in [0, 0.1) is 0 Å². The molecule has 0 spiro atoms. The molecule has 0 aliphatic rings. The Balaban J connectivity index is 2.33. The third kappa shape index (κ3) is 3.88. The molecule has 0 unspecified atom stereocenters. The van der Waals surface area contributed by atoms with E-state index < -0.39 is 0 Å². The lowest BCUT2D eigenvalue weighted by molar-refractivity contribution is 0.340. The first-order valence-electron chi connectivity index (χ1n) is 7.34. The number of rotatable bonds is 5. The fourth-order valence-electron chi connectivity index (χ4n) is 2.38. The maximum Gasteiger partial charge on any atom is 0.122 e. The minimum atomic E-state index is 0.256. The molecule has 0 aliphatic heterocycles. The molecule has 2 rings (SSSR count). The normalized spacial score (nSPS) is 11.0. The summed E-state index contributed by atoms with van der Waals surface area (Å²) in [6, 6.07) is 9.19. The molecule has 0 fully saturated rings. The molecule has 0 aromatic heterocycles. The van der Waals surface area contributed by atoms with Crippen molar-refractivity contribution in [1.29, 1.82) is 0 Å². The molecular weight excluding hydrogens is 319 g/mol.